The molecule has 0 bridgehead atoms. The second-order valence-electron chi connectivity index (χ2n) is 8.36. The molecule has 0 aromatic heterocycles. The van der Waals surface area contributed by atoms with Gasteiger partial charge in [-0.25, -0.2) is 4.39 Å². The third-order valence-electron chi connectivity index (χ3n) is 6.02. The minimum Gasteiger partial charge on any atom is -0.383 e. The third-order valence-corrected chi connectivity index (χ3v) is 6.02. The smallest absolute Gasteiger partial charge is 0.383 e. The van der Waals surface area contributed by atoms with Gasteiger partial charge in [0.2, 0.25) is 0 Å². The number of hydrogen-bond donors (Lipinski definition) is 1. The number of methoxy groups -OCH3 is 1. The van der Waals surface area contributed by atoms with E-state index in [1.165, 1.54) is 19.1 Å². The molecule has 188 valence electrons. The van der Waals surface area contributed by atoms with Gasteiger partial charge in [-0.2, -0.15) is 26.3 Å². The van der Waals surface area contributed by atoms with Gasteiger partial charge >= 0.3 is 12.4 Å². The molecule has 2 aromatic carbocycles. The van der Waals surface area contributed by atoms with E-state index in [1.807, 2.05) is 0 Å². The summed E-state index contributed by atoms with van der Waals surface area (Å²) in [6.07, 6.45) is -10.2. The van der Waals surface area contributed by atoms with Gasteiger partial charge in [-0.05, 0) is 61.2 Å². The van der Waals surface area contributed by atoms with E-state index in [0.29, 0.717) is 38.1 Å². The molecule has 1 aliphatic carbocycles. The summed E-state index contributed by atoms with van der Waals surface area (Å²) in [6.45, 7) is 2.44. The normalized spacial score (nSPS) is 22.2. The molecule has 34 heavy (non-hydrogen) atoms. The van der Waals surface area contributed by atoms with E-state index in [9.17, 15) is 30.7 Å². The lowest BCUT2D eigenvalue weighted by molar-refractivity contribution is -0.143. The van der Waals surface area contributed by atoms with Gasteiger partial charge in [0.05, 0.1) is 29.9 Å². The molecule has 1 aliphatic rings. The number of ether oxygens (including phenoxy) is 2. The first-order valence-electron chi connectivity index (χ1n) is 10.8. The first-order valence-corrected chi connectivity index (χ1v) is 10.8. The summed E-state index contributed by atoms with van der Waals surface area (Å²) in [6, 6.07) is 7.25. The number of benzene rings is 2. The lowest BCUT2D eigenvalue weighted by Crippen LogP contribution is -2.36. The molecule has 0 saturated heterocycles. The monoisotopic (exact) mass is 493 g/mol. The third kappa shape index (κ3) is 6.49. The number of nitrogens with one attached hydrogen (secondary N) is 1. The topological polar surface area (TPSA) is 30.5 Å². The molecule has 3 rings (SSSR count). The van der Waals surface area contributed by atoms with Crippen LogP contribution in [0.5, 0.6) is 0 Å². The molecule has 0 aliphatic heterocycles. The lowest BCUT2D eigenvalue weighted by Gasteiger charge is -2.29. The molecule has 0 radical (unpaired) electrons. The minimum atomic E-state index is -4.93. The van der Waals surface area contributed by atoms with Crippen molar-refractivity contribution < 1.29 is 40.2 Å². The van der Waals surface area contributed by atoms with Crippen molar-refractivity contribution in [2.75, 3.05) is 20.3 Å². The number of rotatable bonds is 8. The van der Waals surface area contributed by atoms with E-state index in [-0.39, 0.29) is 23.6 Å². The summed E-state index contributed by atoms with van der Waals surface area (Å²) in [7, 11) is 1.56. The van der Waals surface area contributed by atoms with E-state index < -0.39 is 41.5 Å². The van der Waals surface area contributed by atoms with Crippen LogP contribution >= 0.6 is 0 Å². The van der Waals surface area contributed by atoms with Crippen LogP contribution in [0.3, 0.4) is 0 Å². The van der Waals surface area contributed by atoms with E-state index in [4.69, 9.17) is 9.47 Å². The van der Waals surface area contributed by atoms with E-state index in [2.05, 4.69) is 5.32 Å². The van der Waals surface area contributed by atoms with Gasteiger partial charge in [0.25, 0.3) is 0 Å². The summed E-state index contributed by atoms with van der Waals surface area (Å²) in [5.74, 6) is -0.687. The van der Waals surface area contributed by atoms with Crippen LogP contribution in [-0.2, 0) is 21.8 Å². The highest BCUT2D eigenvalue weighted by Gasteiger charge is 2.40. The fourth-order valence-electron chi connectivity index (χ4n) is 4.38. The van der Waals surface area contributed by atoms with Crippen molar-refractivity contribution in [3.63, 3.8) is 0 Å². The Morgan fingerprint density at radius 2 is 1.53 bits per heavy atom. The van der Waals surface area contributed by atoms with Crippen molar-refractivity contribution in [2.24, 2.45) is 0 Å². The standard InChI is InChI=1S/C24H26F7NO2/c1-14(16-11-17(23(26,27)28)13-18(12-16)24(29,30)31)34-21-8-7-20(32-9-10-33-2)22(21)15-3-5-19(25)6-4-15/h3-6,11-14,20-22,32H,7-10H2,1-2H3/t14-,20?,21?,22?/m0/s1. The van der Waals surface area contributed by atoms with Crippen LogP contribution in [0, 0.1) is 5.82 Å². The first-order chi connectivity index (χ1) is 15.9. The van der Waals surface area contributed by atoms with Crippen molar-refractivity contribution in [3.05, 3.63) is 70.5 Å². The number of alkyl halides is 6. The summed E-state index contributed by atoms with van der Waals surface area (Å²) < 4.78 is 104. The van der Waals surface area contributed by atoms with Crippen LogP contribution in [0.15, 0.2) is 42.5 Å². The summed E-state index contributed by atoms with van der Waals surface area (Å²) in [5.41, 5.74) is -2.20. The molecular weight excluding hydrogens is 467 g/mol. The van der Waals surface area contributed by atoms with E-state index >= 15 is 0 Å². The Labute approximate surface area is 193 Å². The average molecular weight is 493 g/mol. The zero-order valence-corrected chi connectivity index (χ0v) is 18.6. The minimum absolute atomic E-state index is 0.0787. The summed E-state index contributed by atoms with van der Waals surface area (Å²) in [4.78, 5) is 0. The molecule has 1 N–H and O–H groups in total. The molecule has 1 saturated carbocycles. The second-order valence-corrected chi connectivity index (χ2v) is 8.36. The molecule has 2 aromatic rings. The largest absolute Gasteiger partial charge is 0.416 e. The van der Waals surface area contributed by atoms with Crippen LogP contribution in [0.1, 0.15) is 54.0 Å². The molecule has 3 unspecified atom stereocenters. The maximum atomic E-state index is 13.5. The highest BCUT2D eigenvalue weighted by molar-refractivity contribution is 5.35. The Morgan fingerprint density at radius 3 is 2.06 bits per heavy atom. The van der Waals surface area contributed by atoms with Gasteiger partial charge in [-0.15, -0.1) is 0 Å². The fourth-order valence-corrected chi connectivity index (χ4v) is 4.38. The van der Waals surface area contributed by atoms with Gasteiger partial charge in [0, 0.05) is 25.6 Å². The van der Waals surface area contributed by atoms with E-state index in [1.54, 1.807) is 19.2 Å². The highest BCUT2D eigenvalue weighted by Crippen LogP contribution is 2.42. The second kappa shape index (κ2) is 10.6. The molecule has 0 heterocycles. The molecule has 0 spiro atoms. The van der Waals surface area contributed by atoms with Crippen LogP contribution < -0.4 is 5.32 Å². The lowest BCUT2D eigenvalue weighted by atomic mass is 9.92. The molecule has 0 amide bonds. The zero-order valence-electron chi connectivity index (χ0n) is 18.6. The SMILES string of the molecule is COCCNC1CCC(O[C@@H](C)c2cc(C(F)(F)F)cc(C(F)(F)F)c2)C1c1ccc(F)cc1. The van der Waals surface area contributed by atoms with Crippen molar-refractivity contribution in [3.8, 4) is 0 Å². The van der Waals surface area contributed by atoms with Gasteiger partial charge < -0.3 is 14.8 Å². The predicted octanol–water partition coefficient (Wildman–Crippen LogP) is 6.49. The van der Waals surface area contributed by atoms with Gasteiger partial charge in [-0.1, -0.05) is 12.1 Å². The van der Waals surface area contributed by atoms with Crippen molar-refractivity contribution in [1.29, 1.82) is 0 Å². The fraction of sp³-hybridized carbons (Fsp3) is 0.500. The van der Waals surface area contributed by atoms with Gasteiger partial charge in [-0.3, -0.25) is 0 Å². The van der Waals surface area contributed by atoms with E-state index in [0.717, 1.165) is 5.56 Å². The quantitative estimate of drug-likeness (QED) is 0.337. The van der Waals surface area contributed by atoms with Crippen LogP contribution in [-0.4, -0.2) is 32.4 Å². The van der Waals surface area contributed by atoms with Crippen molar-refractivity contribution in [1.82, 2.24) is 5.32 Å². The van der Waals surface area contributed by atoms with Crippen molar-refractivity contribution >= 4 is 0 Å². The molecule has 3 nitrogen and oxygen atoms in total. The predicted molar refractivity (Wildman–Crippen MR) is 112 cm³/mol. The van der Waals surface area contributed by atoms with Gasteiger partial charge in [0.15, 0.2) is 0 Å². The first kappa shape index (κ1) is 26.4. The maximum absolute atomic E-state index is 13.5. The Bertz CT molecular complexity index is 912. The van der Waals surface area contributed by atoms with Crippen LogP contribution in [0.25, 0.3) is 0 Å². The molecule has 1 fully saturated rings. The Morgan fingerprint density at radius 1 is 0.941 bits per heavy atom. The Balaban J connectivity index is 1.88. The molecule has 10 heteroatoms. The molecular formula is C24H26F7NO2. The molecule has 4 atom stereocenters. The summed E-state index contributed by atoms with van der Waals surface area (Å²) >= 11 is 0. The zero-order chi connectivity index (χ0) is 25.1. The maximum Gasteiger partial charge on any atom is 0.416 e. The Kier molecular flexibility index (Phi) is 8.26. The average Bonchev–Trinajstić information content (AvgIpc) is 3.15. The number of hydrogen-bond acceptors (Lipinski definition) is 3. The summed E-state index contributed by atoms with van der Waals surface area (Å²) in [5, 5.41) is 3.35. The van der Waals surface area contributed by atoms with Gasteiger partial charge in [0.1, 0.15) is 5.82 Å². The van der Waals surface area contributed by atoms with Crippen molar-refractivity contribution in [2.45, 2.75) is 56.3 Å². The van der Waals surface area contributed by atoms with Crippen LogP contribution in [0.2, 0.25) is 0 Å². The van der Waals surface area contributed by atoms with Crippen LogP contribution in [0.4, 0.5) is 30.7 Å². The number of halogens is 7. The Hall–Kier alpha value is -2.17. The highest BCUT2D eigenvalue weighted by atomic mass is 19.4.